The van der Waals surface area contributed by atoms with Crippen molar-refractivity contribution in [3.63, 3.8) is 0 Å². The maximum absolute atomic E-state index is 14.3. The van der Waals surface area contributed by atoms with Crippen molar-refractivity contribution in [2.45, 2.75) is 13.3 Å². The second-order valence-corrected chi connectivity index (χ2v) is 7.68. The van der Waals surface area contributed by atoms with Crippen molar-refractivity contribution in [2.75, 3.05) is 5.32 Å². The zero-order valence-corrected chi connectivity index (χ0v) is 17.4. The number of carbonyl (C=O) groups excluding carboxylic acids is 1. The fourth-order valence-electron chi connectivity index (χ4n) is 3.01. The summed E-state index contributed by atoms with van der Waals surface area (Å²) in [5.74, 6) is -0.882. The molecule has 1 N–H and O–H groups in total. The van der Waals surface area contributed by atoms with Gasteiger partial charge in [0, 0.05) is 6.20 Å². The molecule has 0 aliphatic heterocycles. The minimum Gasteiger partial charge on any atom is -0.298 e. The maximum Gasteiger partial charge on any atom is 0.281 e. The number of nitrogens with zero attached hydrogens (tertiary/aromatic N) is 4. The first-order valence-corrected chi connectivity index (χ1v) is 10.1. The van der Waals surface area contributed by atoms with Gasteiger partial charge >= 0.3 is 0 Å². The quantitative estimate of drug-likeness (QED) is 0.413. The maximum atomic E-state index is 14.3. The lowest BCUT2D eigenvalue weighted by Gasteiger charge is -2.10. The molecule has 1 aromatic carbocycles. The topological polar surface area (TPSA) is 72.7 Å². The largest absolute Gasteiger partial charge is 0.298 e. The first-order chi connectivity index (χ1) is 14.9. The van der Waals surface area contributed by atoms with Crippen molar-refractivity contribution in [3.05, 3.63) is 75.8 Å². The second-order valence-electron chi connectivity index (χ2n) is 6.32. The van der Waals surface area contributed by atoms with Crippen molar-refractivity contribution < 1.29 is 18.0 Å². The van der Waals surface area contributed by atoms with Gasteiger partial charge in [-0.15, -0.1) is 0 Å². The number of anilines is 1. The van der Waals surface area contributed by atoms with Crippen LogP contribution < -0.4 is 5.32 Å². The summed E-state index contributed by atoms with van der Waals surface area (Å²) in [4.78, 5) is 20.9. The normalized spacial score (nSPS) is 11.2. The molecule has 4 aromatic rings. The fourth-order valence-corrected chi connectivity index (χ4v) is 3.92. The zero-order valence-electron chi connectivity index (χ0n) is 15.8. The number of aromatic nitrogens is 4. The minimum atomic E-state index is -3.02. The number of hydrogen-bond acceptors (Lipinski definition) is 5. The first-order valence-electron chi connectivity index (χ1n) is 8.88. The van der Waals surface area contributed by atoms with Crippen LogP contribution in [0, 0.1) is 12.1 Å². The number of benzene rings is 1. The number of alkyl halides is 2. The van der Waals surface area contributed by atoms with E-state index in [1.165, 1.54) is 25.3 Å². The average Bonchev–Trinajstić information content (AvgIpc) is 3.28. The summed E-state index contributed by atoms with van der Waals surface area (Å²) < 4.78 is 43.1. The fraction of sp³-hybridized carbons (Fsp3) is 0.100. The molecule has 0 fully saturated rings. The lowest BCUT2D eigenvalue weighted by Crippen LogP contribution is -2.15. The van der Waals surface area contributed by atoms with Gasteiger partial charge in [-0.2, -0.15) is 9.49 Å². The molecule has 4 rings (SSSR count). The van der Waals surface area contributed by atoms with E-state index in [2.05, 4.69) is 20.4 Å². The van der Waals surface area contributed by atoms with Gasteiger partial charge in [0.15, 0.2) is 5.13 Å². The van der Waals surface area contributed by atoms with Gasteiger partial charge < -0.3 is 0 Å². The number of para-hydroxylation sites is 1. The summed E-state index contributed by atoms with van der Waals surface area (Å²) in [6.45, 7) is 1.43. The van der Waals surface area contributed by atoms with E-state index < -0.39 is 23.2 Å². The Hall–Kier alpha value is -3.24. The predicted octanol–water partition coefficient (Wildman–Crippen LogP) is 5.68. The van der Waals surface area contributed by atoms with Crippen LogP contribution in [0.3, 0.4) is 0 Å². The SMILES string of the molecule is Cc1nn(-c2ccccc2Cl)c(C(F)F)c1C(=O)Nc1nc(-c2ccccn2)c(F)s1. The highest BCUT2D eigenvalue weighted by molar-refractivity contribution is 7.14. The highest BCUT2D eigenvalue weighted by Gasteiger charge is 2.30. The number of amides is 1. The molecule has 0 aliphatic carbocycles. The molecule has 0 radical (unpaired) electrons. The van der Waals surface area contributed by atoms with Gasteiger partial charge in [0.25, 0.3) is 12.3 Å². The predicted molar refractivity (Wildman–Crippen MR) is 112 cm³/mol. The molecule has 0 saturated heterocycles. The van der Waals surface area contributed by atoms with Crippen molar-refractivity contribution in [2.24, 2.45) is 0 Å². The second kappa shape index (κ2) is 8.48. The lowest BCUT2D eigenvalue weighted by atomic mass is 10.1. The molecule has 0 spiro atoms. The van der Waals surface area contributed by atoms with Crippen LogP contribution in [0.4, 0.5) is 18.3 Å². The zero-order chi connectivity index (χ0) is 22.1. The van der Waals surface area contributed by atoms with Gasteiger partial charge in [0.05, 0.1) is 27.7 Å². The van der Waals surface area contributed by atoms with Crippen LogP contribution in [-0.2, 0) is 0 Å². The molecule has 158 valence electrons. The van der Waals surface area contributed by atoms with Crippen LogP contribution >= 0.6 is 22.9 Å². The summed E-state index contributed by atoms with van der Waals surface area (Å²) in [6, 6.07) is 11.2. The van der Waals surface area contributed by atoms with Crippen molar-refractivity contribution in [3.8, 4) is 17.1 Å². The third-order valence-electron chi connectivity index (χ3n) is 4.32. The number of rotatable bonds is 5. The van der Waals surface area contributed by atoms with Crippen LogP contribution in [0.5, 0.6) is 0 Å². The monoisotopic (exact) mass is 463 g/mol. The standard InChI is InChI=1S/C20H13ClF3N5OS/c1-10-14(16(17(22)23)29(28-10)13-8-3-2-6-11(13)21)19(30)27-20-26-15(18(24)31-20)12-7-4-5-9-25-12/h2-9,17H,1H3,(H,26,27,30). The molecule has 0 atom stereocenters. The van der Waals surface area contributed by atoms with Gasteiger partial charge in [-0.3, -0.25) is 15.1 Å². The van der Waals surface area contributed by atoms with E-state index in [1.807, 2.05) is 0 Å². The van der Waals surface area contributed by atoms with Gasteiger partial charge in [-0.1, -0.05) is 41.1 Å². The smallest absolute Gasteiger partial charge is 0.281 e. The molecule has 11 heteroatoms. The third-order valence-corrected chi connectivity index (χ3v) is 5.40. The van der Waals surface area contributed by atoms with Crippen LogP contribution in [0.2, 0.25) is 5.02 Å². The third kappa shape index (κ3) is 4.04. The number of aryl methyl sites for hydroxylation is 1. The molecule has 0 saturated carbocycles. The molecular formula is C20H13ClF3N5OS. The van der Waals surface area contributed by atoms with Crippen molar-refractivity contribution in [1.29, 1.82) is 0 Å². The molecular weight excluding hydrogens is 451 g/mol. The van der Waals surface area contributed by atoms with Crippen molar-refractivity contribution in [1.82, 2.24) is 19.7 Å². The van der Waals surface area contributed by atoms with Crippen LogP contribution in [0.25, 0.3) is 17.1 Å². The molecule has 3 aromatic heterocycles. The molecule has 0 unspecified atom stereocenters. The van der Waals surface area contributed by atoms with Crippen molar-refractivity contribution >= 4 is 34.0 Å². The van der Waals surface area contributed by atoms with E-state index in [4.69, 9.17) is 11.6 Å². The minimum absolute atomic E-state index is 0.0431. The van der Waals surface area contributed by atoms with E-state index in [1.54, 1.807) is 30.3 Å². The summed E-state index contributed by atoms with van der Waals surface area (Å²) in [5.41, 5.74) is -0.435. The Balaban J connectivity index is 1.71. The van der Waals surface area contributed by atoms with E-state index in [0.717, 1.165) is 4.68 Å². The van der Waals surface area contributed by atoms with Gasteiger partial charge in [-0.25, -0.2) is 18.4 Å². The van der Waals surface area contributed by atoms with Gasteiger partial charge in [-0.05, 0) is 31.2 Å². The molecule has 0 bridgehead atoms. The highest BCUT2D eigenvalue weighted by Crippen LogP contribution is 2.33. The number of pyridine rings is 1. The van der Waals surface area contributed by atoms with Gasteiger partial charge in [0.2, 0.25) is 5.13 Å². The number of hydrogen-bond donors (Lipinski definition) is 1. The number of halogens is 4. The Bertz CT molecular complexity index is 1260. The van der Waals surface area contributed by atoms with Gasteiger partial charge in [0.1, 0.15) is 11.4 Å². The van der Waals surface area contributed by atoms with E-state index in [9.17, 15) is 18.0 Å². The Morgan fingerprint density at radius 3 is 2.61 bits per heavy atom. The summed E-state index contributed by atoms with van der Waals surface area (Å²) in [7, 11) is 0. The van der Waals surface area contributed by atoms with Crippen LogP contribution in [-0.4, -0.2) is 25.7 Å². The first kappa shape index (κ1) is 21.0. The number of nitrogens with one attached hydrogen (secondary N) is 1. The molecule has 31 heavy (non-hydrogen) atoms. The van der Waals surface area contributed by atoms with Crippen LogP contribution in [0.1, 0.15) is 28.2 Å². The van der Waals surface area contributed by atoms with Crippen LogP contribution in [0.15, 0.2) is 48.7 Å². The van der Waals surface area contributed by atoms with E-state index in [-0.39, 0.29) is 38.5 Å². The van der Waals surface area contributed by atoms with E-state index >= 15 is 0 Å². The molecule has 6 nitrogen and oxygen atoms in total. The Kier molecular flexibility index (Phi) is 5.75. The molecule has 3 heterocycles. The lowest BCUT2D eigenvalue weighted by molar-refractivity contribution is 0.100. The molecule has 0 aliphatic rings. The Morgan fingerprint density at radius 1 is 1.19 bits per heavy atom. The number of carbonyl (C=O) groups is 1. The Labute approximate surface area is 183 Å². The number of thiazole rings is 1. The summed E-state index contributed by atoms with van der Waals surface area (Å²) in [6.07, 6.45) is -1.54. The average molecular weight is 464 g/mol. The van der Waals surface area contributed by atoms with E-state index in [0.29, 0.717) is 11.3 Å². The molecule has 1 amide bonds. The Morgan fingerprint density at radius 2 is 1.94 bits per heavy atom. The highest BCUT2D eigenvalue weighted by atomic mass is 35.5. The summed E-state index contributed by atoms with van der Waals surface area (Å²) >= 11 is 6.69. The summed E-state index contributed by atoms with van der Waals surface area (Å²) in [5, 5.41) is 5.92.